The van der Waals surface area contributed by atoms with Crippen LogP contribution in [0.1, 0.15) is 12.0 Å². The number of halogens is 1. The van der Waals surface area contributed by atoms with Gasteiger partial charge in [-0.1, -0.05) is 40.2 Å². The molecule has 0 aromatic heterocycles. The molecule has 1 aliphatic carbocycles. The fourth-order valence-corrected chi connectivity index (χ4v) is 5.66. The van der Waals surface area contributed by atoms with Crippen molar-refractivity contribution in [3.05, 3.63) is 46.5 Å². The Morgan fingerprint density at radius 3 is 2.69 bits per heavy atom. The molecule has 3 rings (SSSR count). The van der Waals surface area contributed by atoms with Crippen LogP contribution >= 0.6 is 39.5 Å². The molecule has 1 aromatic carbocycles. The van der Waals surface area contributed by atoms with Gasteiger partial charge >= 0.3 is 0 Å². The minimum absolute atomic E-state index is 0.790. The highest BCUT2D eigenvalue weighted by Gasteiger charge is 2.36. The zero-order chi connectivity index (χ0) is 11.0. The van der Waals surface area contributed by atoms with Crippen LogP contribution in [0.25, 0.3) is 0 Å². The van der Waals surface area contributed by atoms with Crippen LogP contribution in [-0.2, 0) is 5.75 Å². The molecule has 1 aliphatic heterocycles. The lowest BCUT2D eigenvalue weighted by Crippen LogP contribution is -2.04. The predicted octanol–water partition coefficient (Wildman–Crippen LogP) is 4.70. The molecule has 0 radical (unpaired) electrons. The van der Waals surface area contributed by atoms with Crippen molar-refractivity contribution < 1.29 is 0 Å². The summed E-state index contributed by atoms with van der Waals surface area (Å²) in [4.78, 5) is 0. The van der Waals surface area contributed by atoms with Crippen LogP contribution in [-0.4, -0.2) is 9.83 Å². The van der Waals surface area contributed by atoms with Gasteiger partial charge in [0.25, 0.3) is 0 Å². The van der Waals surface area contributed by atoms with E-state index in [2.05, 4.69) is 75.9 Å². The summed E-state index contributed by atoms with van der Waals surface area (Å²) in [6.45, 7) is 0. The van der Waals surface area contributed by atoms with E-state index in [0.29, 0.717) is 0 Å². The maximum atomic E-state index is 3.47. The number of allylic oxidation sites excluding steroid dienone is 1. The van der Waals surface area contributed by atoms with E-state index in [1.807, 2.05) is 0 Å². The van der Waals surface area contributed by atoms with Gasteiger partial charge in [0.15, 0.2) is 0 Å². The molecule has 1 aromatic rings. The van der Waals surface area contributed by atoms with Crippen LogP contribution in [0, 0.1) is 5.92 Å². The standard InChI is InChI=1S/C13H13BrS2/c14-11-4-1-9(2-5-11)8-15-13-10-3-6-12(7-10)16-13/h1-6,10,12-13H,7-8H2/t10-,12+,13-/m1/s1. The van der Waals surface area contributed by atoms with Crippen LogP contribution in [0.15, 0.2) is 40.9 Å². The molecule has 16 heavy (non-hydrogen) atoms. The van der Waals surface area contributed by atoms with Crippen LogP contribution in [0.2, 0.25) is 0 Å². The van der Waals surface area contributed by atoms with E-state index in [-0.39, 0.29) is 0 Å². The summed E-state index contributed by atoms with van der Waals surface area (Å²) >= 11 is 7.72. The van der Waals surface area contributed by atoms with E-state index >= 15 is 0 Å². The topological polar surface area (TPSA) is 0 Å². The third-order valence-electron chi connectivity index (χ3n) is 3.06. The first-order chi connectivity index (χ1) is 7.81. The first-order valence-electron chi connectivity index (χ1n) is 5.51. The third kappa shape index (κ3) is 2.36. The highest BCUT2D eigenvalue weighted by molar-refractivity contribution is 9.10. The quantitative estimate of drug-likeness (QED) is 0.742. The molecule has 2 bridgehead atoms. The van der Waals surface area contributed by atoms with E-state index in [1.165, 1.54) is 16.5 Å². The second-order valence-corrected chi connectivity index (χ2v) is 7.99. The fraction of sp³-hybridized carbons (Fsp3) is 0.385. The van der Waals surface area contributed by atoms with Gasteiger partial charge in [0.2, 0.25) is 0 Å². The average Bonchev–Trinajstić information content (AvgIpc) is 2.90. The van der Waals surface area contributed by atoms with Crippen molar-refractivity contribution in [2.24, 2.45) is 5.92 Å². The van der Waals surface area contributed by atoms with Gasteiger partial charge in [0.05, 0.1) is 4.58 Å². The van der Waals surface area contributed by atoms with Crippen molar-refractivity contribution in [3.8, 4) is 0 Å². The Bertz CT molecular complexity index is 399. The third-order valence-corrected chi connectivity index (χ3v) is 6.83. The Morgan fingerprint density at radius 2 is 2.06 bits per heavy atom. The van der Waals surface area contributed by atoms with Gasteiger partial charge in [0.1, 0.15) is 0 Å². The lowest BCUT2D eigenvalue weighted by atomic mass is 10.2. The SMILES string of the molecule is Brc1ccc(CS[C@@H]2S[C@H]3C=C[C@@H]2C3)cc1. The fourth-order valence-electron chi connectivity index (χ4n) is 2.19. The highest BCUT2D eigenvalue weighted by atomic mass is 79.9. The summed E-state index contributed by atoms with van der Waals surface area (Å²) in [5.74, 6) is 1.97. The molecular formula is C13H13BrS2. The van der Waals surface area contributed by atoms with Crippen molar-refractivity contribution in [3.63, 3.8) is 0 Å². The first kappa shape index (κ1) is 11.2. The molecule has 84 valence electrons. The van der Waals surface area contributed by atoms with E-state index in [4.69, 9.17) is 0 Å². The maximum absolute atomic E-state index is 3.47. The Morgan fingerprint density at radius 1 is 1.25 bits per heavy atom. The molecule has 1 heterocycles. The Kier molecular flexibility index (Phi) is 3.37. The number of thioether (sulfide) groups is 2. The Labute approximate surface area is 113 Å². The van der Waals surface area contributed by atoms with Crippen molar-refractivity contribution in [1.82, 2.24) is 0 Å². The van der Waals surface area contributed by atoms with Crippen LogP contribution in [0.4, 0.5) is 0 Å². The molecule has 2 aliphatic rings. The summed E-state index contributed by atoms with van der Waals surface area (Å²) < 4.78 is 1.96. The maximum Gasteiger partial charge on any atom is 0.0574 e. The van der Waals surface area contributed by atoms with E-state index in [0.717, 1.165) is 21.5 Å². The monoisotopic (exact) mass is 312 g/mol. The summed E-state index contributed by atoms with van der Waals surface area (Å²) in [7, 11) is 0. The van der Waals surface area contributed by atoms with Crippen LogP contribution < -0.4 is 0 Å². The number of rotatable bonds is 3. The summed E-state index contributed by atoms with van der Waals surface area (Å²) in [6, 6.07) is 8.68. The molecule has 1 fully saturated rings. The van der Waals surface area contributed by atoms with Gasteiger partial charge in [-0.15, -0.1) is 23.5 Å². The number of benzene rings is 1. The second kappa shape index (κ2) is 4.79. The molecule has 0 spiro atoms. The minimum atomic E-state index is 0.790. The van der Waals surface area contributed by atoms with Gasteiger partial charge in [-0.25, -0.2) is 0 Å². The van der Waals surface area contributed by atoms with Gasteiger partial charge in [-0.05, 0) is 30.0 Å². The zero-order valence-corrected chi connectivity index (χ0v) is 12.0. The largest absolute Gasteiger partial charge is 0.142 e. The first-order valence-corrected chi connectivity index (χ1v) is 8.29. The van der Waals surface area contributed by atoms with Crippen molar-refractivity contribution in [2.75, 3.05) is 0 Å². The predicted molar refractivity (Wildman–Crippen MR) is 77.9 cm³/mol. The summed E-state index contributed by atoms with van der Waals surface area (Å²) in [6.07, 6.45) is 6.18. The molecule has 3 heteroatoms. The molecule has 0 nitrogen and oxygen atoms in total. The molecule has 1 saturated heterocycles. The molecule has 0 N–H and O–H groups in total. The van der Waals surface area contributed by atoms with Crippen LogP contribution in [0.5, 0.6) is 0 Å². The second-order valence-electron chi connectivity index (χ2n) is 4.26. The van der Waals surface area contributed by atoms with Crippen molar-refractivity contribution >= 4 is 39.5 Å². The van der Waals surface area contributed by atoms with Gasteiger partial charge in [0, 0.05) is 15.5 Å². The zero-order valence-electron chi connectivity index (χ0n) is 8.80. The van der Waals surface area contributed by atoms with Crippen molar-refractivity contribution in [1.29, 1.82) is 0 Å². The van der Waals surface area contributed by atoms with E-state index < -0.39 is 0 Å². The highest BCUT2D eigenvalue weighted by Crippen LogP contribution is 2.50. The number of hydrogen-bond acceptors (Lipinski definition) is 2. The lowest BCUT2D eigenvalue weighted by Gasteiger charge is -2.16. The summed E-state index contributed by atoms with van der Waals surface area (Å²) in [5, 5.41) is 0.812. The lowest BCUT2D eigenvalue weighted by molar-refractivity contribution is 0.732. The summed E-state index contributed by atoms with van der Waals surface area (Å²) in [5.41, 5.74) is 1.43. The van der Waals surface area contributed by atoms with Crippen molar-refractivity contribution in [2.45, 2.75) is 22.0 Å². The molecule has 0 saturated carbocycles. The average molecular weight is 313 g/mol. The van der Waals surface area contributed by atoms with Gasteiger partial charge in [-0.3, -0.25) is 0 Å². The molecule has 0 unspecified atom stereocenters. The number of hydrogen-bond donors (Lipinski definition) is 0. The van der Waals surface area contributed by atoms with Gasteiger partial charge in [-0.2, -0.15) is 0 Å². The molecular weight excluding hydrogens is 300 g/mol. The normalized spacial score (nSPS) is 31.2. The Hall–Kier alpha value is 0.140. The van der Waals surface area contributed by atoms with E-state index in [9.17, 15) is 0 Å². The van der Waals surface area contributed by atoms with Gasteiger partial charge < -0.3 is 0 Å². The smallest absolute Gasteiger partial charge is 0.0574 e. The Balaban J connectivity index is 1.57. The van der Waals surface area contributed by atoms with E-state index in [1.54, 1.807) is 0 Å². The minimum Gasteiger partial charge on any atom is -0.142 e. The molecule has 0 amide bonds. The number of fused-ring (bicyclic) bond motifs is 2. The van der Waals surface area contributed by atoms with Crippen LogP contribution in [0.3, 0.4) is 0 Å². The molecule has 3 atom stereocenters.